The lowest BCUT2D eigenvalue weighted by Gasteiger charge is -2.38. The van der Waals surface area contributed by atoms with Crippen molar-refractivity contribution in [3.8, 4) is 11.1 Å². The topological polar surface area (TPSA) is 46.6 Å². The summed E-state index contributed by atoms with van der Waals surface area (Å²) in [7, 11) is 0. The van der Waals surface area contributed by atoms with Gasteiger partial charge in [-0.05, 0) is 62.4 Å². The van der Waals surface area contributed by atoms with E-state index in [0.29, 0.717) is 6.54 Å². The number of rotatable bonds is 3. The predicted molar refractivity (Wildman–Crippen MR) is 136 cm³/mol. The summed E-state index contributed by atoms with van der Waals surface area (Å²) in [6.07, 6.45) is -0.304. The second kappa shape index (κ2) is 9.46. The SMILES string of the molecule is Cc1ccc(C)c(-c2cccc([C@@H]3CN(C(=O)OC(C)(C)C)C(=O)C[C@@H]3c3ccccc3)c2)c1. The lowest BCUT2D eigenvalue weighted by Crippen LogP contribution is -2.47. The molecule has 3 aromatic rings. The molecule has 34 heavy (non-hydrogen) atoms. The van der Waals surface area contributed by atoms with E-state index in [0.717, 1.165) is 16.7 Å². The first-order chi connectivity index (χ1) is 16.1. The van der Waals surface area contributed by atoms with Crippen molar-refractivity contribution in [3.63, 3.8) is 0 Å². The molecule has 0 spiro atoms. The first kappa shape index (κ1) is 23.7. The fourth-order valence-corrected chi connectivity index (χ4v) is 4.73. The summed E-state index contributed by atoms with van der Waals surface area (Å²) in [5, 5.41) is 0. The Balaban J connectivity index is 1.74. The van der Waals surface area contributed by atoms with Crippen molar-refractivity contribution >= 4 is 12.0 Å². The average Bonchev–Trinajstić information content (AvgIpc) is 2.80. The van der Waals surface area contributed by atoms with E-state index in [1.807, 2.05) is 39.0 Å². The zero-order valence-corrected chi connectivity index (χ0v) is 20.7. The molecule has 0 aromatic heterocycles. The fraction of sp³-hybridized carbons (Fsp3) is 0.333. The molecule has 4 rings (SSSR count). The van der Waals surface area contributed by atoms with E-state index in [1.165, 1.54) is 21.6 Å². The van der Waals surface area contributed by atoms with Gasteiger partial charge in [-0.15, -0.1) is 0 Å². The van der Waals surface area contributed by atoms with E-state index < -0.39 is 11.7 Å². The van der Waals surface area contributed by atoms with Crippen LogP contribution in [0.25, 0.3) is 11.1 Å². The summed E-state index contributed by atoms with van der Waals surface area (Å²) in [6.45, 7) is 9.97. The lowest BCUT2D eigenvalue weighted by atomic mass is 9.76. The van der Waals surface area contributed by atoms with Gasteiger partial charge in [0.25, 0.3) is 0 Å². The van der Waals surface area contributed by atoms with Crippen LogP contribution in [0.4, 0.5) is 4.79 Å². The van der Waals surface area contributed by atoms with Gasteiger partial charge in [0.1, 0.15) is 5.60 Å². The van der Waals surface area contributed by atoms with Gasteiger partial charge >= 0.3 is 6.09 Å². The molecule has 0 bridgehead atoms. The Bertz CT molecular complexity index is 1190. The minimum Gasteiger partial charge on any atom is -0.443 e. The number of aryl methyl sites for hydroxylation is 2. The van der Waals surface area contributed by atoms with Crippen molar-refractivity contribution in [2.75, 3.05) is 6.54 Å². The quantitative estimate of drug-likeness (QED) is 0.427. The molecule has 1 saturated heterocycles. The molecule has 4 heteroatoms. The number of benzene rings is 3. The molecular formula is C30H33NO3. The molecule has 0 saturated carbocycles. The highest BCUT2D eigenvalue weighted by Crippen LogP contribution is 2.41. The van der Waals surface area contributed by atoms with Gasteiger partial charge in [-0.25, -0.2) is 9.69 Å². The first-order valence-electron chi connectivity index (χ1n) is 11.9. The fourth-order valence-electron chi connectivity index (χ4n) is 4.73. The third-order valence-electron chi connectivity index (χ3n) is 6.42. The Hall–Kier alpha value is -3.40. The third kappa shape index (κ3) is 5.22. The summed E-state index contributed by atoms with van der Waals surface area (Å²) in [5.74, 6) is -0.232. The molecule has 0 unspecified atom stereocenters. The highest BCUT2D eigenvalue weighted by molar-refractivity contribution is 5.93. The largest absolute Gasteiger partial charge is 0.443 e. The van der Waals surface area contributed by atoms with Gasteiger partial charge in [-0.1, -0.05) is 78.4 Å². The van der Waals surface area contributed by atoms with Gasteiger partial charge in [-0.3, -0.25) is 4.79 Å². The molecule has 2 atom stereocenters. The van der Waals surface area contributed by atoms with Gasteiger partial charge in [-0.2, -0.15) is 0 Å². The molecule has 1 heterocycles. The van der Waals surface area contributed by atoms with Crippen LogP contribution in [0.3, 0.4) is 0 Å². The minimum absolute atomic E-state index is 0.0127. The Labute approximate surface area is 202 Å². The van der Waals surface area contributed by atoms with Crippen LogP contribution in [0.5, 0.6) is 0 Å². The van der Waals surface area contributed by atoms with Gasteiger partial charge in [0.2, 0.25) is 5.91 Å². The second-order valence-corrected chi connectivity index (χ2v) is 10.3. The number of ether oxygens (including phenoxy) is 1. The van der Waals surface area contributed by atoms with Crippen molar-refractivity contribution in [2.45, 2.75) is 58.5 Å². The number of hydrogen-bond acceptors (Lipinski definition) is 3. The lowest BCUT2D eigenvalue weighted by molar-refractivity contribution is -0.133. The molecule has 1 aliphatic heterocycles. The summed E-state index contributed by atoms with van der Waals surface area (Å²) in [5.41, 5.74) is 6.35. The Morgan fingerprint density at radius 3 is 2.29 bits per heavy atom. The number of piperidine rings is 1. The first-order valence-corrected chi connectivity index (χ1v) is 11.9. The van der Waals surface area contributed by atoms with Gasteiger partial charge < -0.3 is 4.74 Å². The highest BCUT2D eigenvalue weighted by atomic mass is 16.6. The van der Waals surface area contributed by atoms with Gasteiger partial charge in [0.05, 0.1) is 0 Å². The van der Waals surface area contributed by atoms with Crippen LogP contribution in [0.1, 0.15) is 61.3 Å². The molecule has 0 radical (unpaired) electrons. The standard InChI is InChI=1S/C30H33NO3/c1-20-14-15-21(2)25(16-20)23-12-9-13-24(17-23)27-19-31(29(33)34-30(3,4)5)28(32)18-26(27)22-10-7-6-8-11-22/h6-17,26-27H,18-19H2,1-5H3/t26-,27+/m1/s1. The maximum absolute atomic E-state index is 13.1. The van der Waals surface area contributed by atoms with E-state index in [4.69, 9.17) is 4.74 Å². The number of likely N-dealkylation sites (tertiary alicyclic amines) is 1. The van der Waals surface area contributed by atoms with Crippen LogP contribution in [0, 0.1) is 13.8 Å². The van der Waals surface area contributed by atoms with Crippen LogP contribution in [0.15, 0.2) is 72.8 Å². The monoisotopic (exact) mass is 455 g/mol. The van der Waals surface area contributed by atoms with E-state index in [1.54, 1.807) is 0 Å². The van der Waals surface area contributed by atoms with Crippen molar-refractivity contribution < 1.29 is 14.3 Å². The average molecular weight is 456 g/mol. The molecule has 176 valence electrons. The normalized spacial score (nSPS) is 18.6. The number of hydrogen-bond donors (Lipinski definition) is 0. The van der Waals surface area contributed by atoms with Crippen molar-refractivity contribution in [3.05, 3.63) is 95.1 Å². The van der Waals surface area contributed by atoms with E-state index >= 15 is 0 Å². The van der Waals surface area contributed by atoms with Crippen LogP contribution in [0.2, 0.25) is 0 Å². The number of imide groups is 1. The summed E-state index contributed by atoms with van der Waals surface area (Å²) < 4.78 is 5.56. The second-order valence-electron chi connectivity index (χ2n) is 10.3. The van der Waals surface area contributed by atoms with Gasteiger partial charge in [0, 0.05) is 24.8 Å². The van der Waals surface area contributed by atoms with Gasteiger partial charge in [0.15, 0.2) is 0 Å². The maximum atomic E-state index is 13.1. The van der Waals surface area contributed by atoms with E-state index in [2.05, 4.69) is 68.4 Å². The number of amides is 2. The Kier molecular flexibility index (Phi) is 6.60. The Morgan fingerprint density at radius 2 is 1.59 bits per heavy atom. The smallest absolute Gasteiger partial charge is 0.417 e. The predicted octanol–water partition coefficient (Wildman–Crippen LogP) is 7.01. The van der Waals surface area contributed by atoms with Crippen LogP contribution in [-0.2, 0) is 9.53 Å². The zero-order chi connectivity index (χ0) is 24.5. The number of nitrogens with zero attached hydrogens (tertiary/aromatic N) is 1. The van der Waals surface area contributed by atoms with Crippen molar-refractivity contribution in [1.82, 2.24) is 4.90 Å². The molecule has 2 amide bonds. The Morgan fingerprint density at radius 1 is 0.882 bits per heavy atom. The van der Waals surface area contributed by atoms with Crippen molar-refractivity contribution in [2.24, 2.45) is 0 Å². The zero-order valence-electron chi connectivity index (χ0n) is 20.7. The summed E-state index contributed by atoms with van der Waals surface area (Å²) >= 11 is 0. The maximum Gasteiger partial charge on any atom is 0.417 e. The summed E-state index contributed by atoms with van der Waals surface area (Å²) in [4.78, 5) is 27.3. The number of carbonyl (C=O) groups is 2. The molecule has 0 N–H and O–H groups in total. The van der Waals surface area contributed by atoms with E-state index in [-0.39, 0.29) is 24.2 Å². The van der Waals surface area contributed by atoms with E-state index in [9.17, 15) is 9.59 Å². The summed E-state index contributed by atoms with van der Waals surface area (Å²) in [6, 6.07) is 25.1. The van der Waals surface area contributed by atoms with Crippen LogP contribution in [-0.4, -0.2) is 29.0 Å². The van der Waals surface area contributed by atoms with Crippen molar-refractivity contribution in [1.29, 1.82) is 0 Å². The third-order valence-corrected chi connectivity index (χ3v) is 6.42. The molecular weight excluding hydrogens is 422 g/mol. The van der Waals surface area contributed by atoms with Crippen LogP contribution < -0.4 is 0 Å². The molecule has 1 aliphatic rings. The van der Waals surface area contributed by atoms with Crippen LogP contribution >= 0.6 is 0 Å². The molecule has 4 nitrogen and oxygen atoms in total. The highest BCUT2D eigenvalue weighted by Gasteiger charge is 2.40. The molecule has 1 fully saturated rings. The minimum atomic E-state index is -0.661. The molecule has 0 aliphatic carbocycles. The molecule has 3 aromatic carbocycles. The number of carbonyl (C=O) groups excluding carboxylic acids is 2.